The summed E-state index contributed by atoms with van der Waals surface area (Å²) in [5.74, 6) is 1.44. The standard InChI is InChI=1S/C12H9N3O3S2/c1-7-4-8(14-18-7)6-19-12-13-10-3-2-9(15(16)17)5-11(10)20-12/h2-5H,6H2,1H3. The number of non-ortho nitro benzene ring substituents is 1. The third kappa shape index (κ3) is 2.66. The minimum Gasteiger partial charge on any atom is -0.361 e. The zero-order chi connectivity index (χ0) is 14.1. The van der Waals surface area contributed by atoms with Crippen LogP contribution in [0.1, 0.15) is 11.5 Å². The second kappa shape index (κ2) is 5.22. The number of nitro benzene ring substituents is 1. The normalized spacial score (nSPS) is 11.1. The van der Waals surface area contributed by atoms with Crippen molar-refractivity contribution in [3.63, 3.8) is 0 Å². The molecule has 2 heterocycles. The van der Waals surface area contributed by atoms with E-state index in [2.05, 4.69) is 10.1 Å². The summed E-state index contributed by atoms with van der Waals surface area (Å²) in [5, 5.41) is 14.6. The molecule has 1 aromatic carbocycles. The Labute approximate surface area is 122 Å². The van der Waals surface area contributed by atoms with Crippen molar-refractivity contribution in [3.8, 4) is 0 Å². The molecule has 3 rings (SSSR count). The lowest BCUT2D eigenvalue weighted by molar-refractivity contribution is -0.384. The maximum Gasteiger partial charge on any atom is 0.270 e. The Bertz CT molecular complexity index is 781. The fourth-order valence-corrected chi connectivity index (χ4v) is 3.67. The van der Waals surface area contributed by atoms with Crippen LogP contribution in [0.15, 0.2) is 33.1 Å². The number of benzene rings is 1. The van der Waals surface area contributed by atoms with Gasteiger partial charge < -0.3 is 4.52 Å². The molecule has 0 amide bonds. The summed E-state index contributed by atoms with van der Waals surface area (Å²) >= 11 is 2.99. The third-order valence-corrected chi connectivity index (χ3v) is 4.78. The van der Waals surface area contributed by atoms with Crippen molar-refractivity contribution in [1.29, 1.82) is 0 Å². The van der Waals surface area contributed by atoms with Gasteiger partial charge in [0.05, 0.1) is 20.8 Å². The highest BCUT2D eigenvalue weighted by Gasteiger charge is 2.11. The molecule has 0 bridgehead atoms. The molecule has 0 N–H and O–H groups in total. The summed E-state index contributed by atoms with van der Waals surface area (Å²) in [6.07, 6.45) is 0. The molecule has 20 heavy (non-hydrogen) atoms. The molecule has 6 nitrogen and oxygen atoms in total. The molecule has 0 atom stereocenters. The van der Waals surface area contributed by atoms with Gasteiger partial charge in [-0.1, -0.05) is 16.9 Å². The van der Waals surface area contributed by atoms with E-state index >= 15 is 0 Å². The number of rotatable bonds is 4. The van der Waals surface area contributed by atoms with E-state index in [0.29, 0.717) is 5.75 Å². The number of hydrogen-bond acceptors (Lipinski definition) is 7. The van der Waals surface area contributed by atoms with Crippen LogP contribution < -0.4 is 0 Å². The van der Waals surface area contributed by atoms with E-state index in [9.17, 15) is 10.1 Å². The second-order valence-electron chi connectivity index (χ2n) is 4.11. The first-order chi connectivity index (χ1) is 9.61. The van der Waals surface area contributed by atoms with Gasteiger partial charge in [-0.2, -0.15) is 0 Å². The fourth-order valence-electron chi connectivity index (χ4n) is 1.69. The molecule has 0 radical (unpaired) electrons. The molecule has 8 heteroatoms. The zero-order valence-electron chi connectivity index (χ0n) is 10.4. The number of nitrogens with zero attached hydrogens (tertiary/aromatic N) is 3. The van der Waals surface area contributed by atoms with E-state index in [1.807, 2.05) is 13.0 Å². The third-order valence-electron chi connectivity index (χ3n) is 2.58. The molecule has 0 aliphatic carbocycles. The van der Waals surface area contributed by atoms with Crippen molar-refractivity contribution >= 4 is 39.0 Å². The van der Waals surface area contributed by atoms with Gasteiger partial charge in [0.15, 0.2) is 4.34 Å². The minimum absolute atomic E-state index is 0.0878. The molecular weight excluding hydrogens is 298 g/mol. The predicted molar refractivity (Wildman–Crippen MR) is 77.1 cm³/mol. The zero-order valence-corrected chi connectivity index (χ0v) is 12.0. The van der Waals surface area contributed by atoms with E-state index in [1.54, 1.807) is 23.9 Å². The van der Waals surface area contributed by atoms with Gasteiger partial charge in [-0.05, 0) is 13.0 Å². The molecule has 2 aromatic heterocycles. The maximum atomic E-state index is 10.7. The lowest BCUT2D eigenvalue weighted by atomic mass is 10.3. The monoisotopic (exact) mass is 307 g/mol. The highest BCUT2D eigenvalue weighted by Crippen LogP contribution is 2.33. The molecular formula is C12H9N3O3S2. The topological polar surface area (TPSA) is 82.1 Å². The maximum absolute atomic E-state index is 10.7. The lowest BCUT2D eigenvalue weighted by Gasteiger charge is -1.90. The van der Waals surface area contributed by atoms with Crippen LogP contribution in [-0.4, -0.2) is 15.1 Å². The minimum atomic E-state index is -0.399. The largest absolute Gasteiger partial charge is 0.361 e. The summed E-state index contributed by atoms with van der Waals surface area (Å²) in [6.45, 7) is 1.85. The fraction of sp³-hybridized carbons (Fsp3) is 0.167. The van der Waals surface area contributed by atoms with Gasteiger partial charge in [0.25, 0.3) is 5.69 Å². The first-order valence-electron chi connectivity index (χ1n) is 5.72. The second-order valence-corrected chi connectivity index (χ2v) is 6.36. The average Bonchev–Trinajstić information content (AvgIpc) is 3.00. The summed E-state index contributed by atoms with van der Waals surface area (Å²) in [6, 6.07) is 6.58. The molecule has 0 unspecified atom stereocenters. The average molecular weight is 307 g/mol. The number of fused-ring (bicyclic) bond motifs is 1. The van der Waals surface area contributed by atoms with E-state index in [1.165, 1.54) is 17.4 Å². The number of nitro groups is 1. The Balaban J connectivity index is 1.80. The number of thioether (sulfide) groups is 1. The van der Waals surface area contributed by atoms with Crippen LogP contribution in [0.5, 0.6) is 0 Å². The summed E-state index contributed by atoms with van der Waals surface area (Å²) < 4.78 is 6.68. The molecule has 0 spiro atoms. The van der Waals surface area contributed by atoms with Crippen LogP contribution in [0, 0.1) is 17.0 Å². The molecule has 0 aliphatic rings. The van der Waals surface area contributed by atoms with Crippen molar-refractivity contribution in [3.05, 3.63) is 45.8 Å². The van der Waals surface area contributed by atoms with Crippen LogP contribution in [0.3, 0.4) is 0 Å². The van der Waals surface area contributed by atoms with Gasteiger partial charge in [-0.3, -0.25) is 10.1 Å². The SMILES string of the molecule is Cc1cc(CSc2nc3ccc([N+](=O)[O-])cc3s2)no1. The van der Waals surface area contributed by atoms with Crippen LogP contribution >= 0.6 is 23.1 Å². The van der Waals surface area contributed by atoms with Gasteiger partial charge in [-0.15, -0.1) is 11.3 Å². The van der Waals surface area contributed by atoms with Crippen LogP contribution in [0.4, 0.5) is 5.69 Å². The molecule has 3 aromatic rings. The smallest absolute Gasteiger partial charge is 0.270 e. The van der Waals surface area contributed by atoms with Crippen molar-refractivity contribution < 1.29 is 9.45 Å². The van der Waals surface area contributed by atoms with Crippen LogP contribution in [0.2, 0.25) is 0 Å². The van der Waals surface area contributed by atoms with Gasteiger partial charge in [0, 0.05) is 24.0 Å². The molecule has 0 saturated heterocycles. The van der Waals surface area contributed by atoms with Gasteiger partial charge in [0.1, 0.15) is 5.76 Å². The van der Waals surface area contributed by atoms with Crippen LogP contribution in [-0.2, 0) is 5.75 Å². The number of aryl methyl sites for hydroxylation is 1. The molecule has 0 aliphatic heterocycles. The summed E-state index contributed by atoms with van der Waals surface area (Å²) in [5.41, 5.74) is 1.72. The summed E-state index contributed by atoms with van der Waals surface area (Å²) in [4.78, 5) is 14.8. The molecule has 0 fully saturated rings. The first-order valence-corrected chi connectivity index (χ1v) is 7.52. The van der Waals surface area contributed by atoms with Gasteiger partial charge >= 0.3 is 0 Å². The summed E-state index contributed by atoms with van der Waals surface area (Å²) in [7, 11) is 0. The molecule has 0 saturated carbocycles. The number of thiazole rings is 1. The van der Waals surface area contributed by atoms with Crippen molar-refractivity contribution in [2.75, 3.05) is 0 Å². The Kier molecular flexibility index (Phi) is 3.41. The van der Waals surface area contributed by atoms with Gasteiger partial charge in [0.2, 0.25) is 0 Å². The Hall–Kier alpha value is -1.93. The highest BCUT2D eigenvalue weighted by atomic mass is 32.2. The quantitative estimate of drug-likeness (QED) is 0.414. The Morgan fingerprint density at radius 1 is 1.45 bits per heavy atom. The number of aromatic nitrogens is 2. The van der Waals surface area contributed by atoms with E-state index in [0.717, 1.165) is 26.0 Å². The van der Waals surface area contributed by atoms with Crippen molar-refractivity contribution in [2.24, 2.45) is 0 Å². The first kappa shape index (κ1) is 13.1. The van der Waals surface area contributed by atoms with E-state index in [-0.39, 0.29) is 5.69 Å². The van der Waals surface area contributed by atoms with E-state index < -0.39 is 4.92 Å². The molecule has 102 valence electrons. The Morgan fingerprint density at radius 2 is 2.30 bits per heavy atom. The predicted octanol–water partition coefficient (Wildman–Crippen LogP) is 3.79. The van der Waals surface area contributed by atoms with Crippen molar-refractivity contribution in [1.82, 2.24) is 10.1 Å². The van der Waals surface area contributed by atoms with Crippen LogP contribution in [0.25, 0.3) is 10.2 Å². The van der Waals surface area contributed by atoms with E-state index in [4.69, 9.17) is 4.52 Å². The number of hydrogen-bond donors (Lipinski definition) is 0. The van der Waals surface area contributed by atoms with Gasteiger partial charge in [-0.25, -0.2) is 4.98 Å². The van der Waals surface area contributed by atoms with Crippen molar-refractivity contribution in [2.45, 2.75) is 17.0 Å². The lowest BCUT2D eigenvalue weighted by Crippen LogP contribution is -1.85. The highest BCUT2D eigenvalue weighted by molar-refractivity contribution is 8.00. The Morgan fingerprint density at radius 3 is 3.00 bits per heavy atom.